The number of ether oxygens (including phenoxy) is 1. The normalized spacial score (nSPS) is 17.2. The third-order valence-corrected chi connectivity index (χ3v) is 7.00. The molecule has 3 aromatic carbocycles. The Morgan fingerprint density at radius 2 is 1.59 bits per heavy atom. The number of urea groups is 1. The number of benzene rings is 3. The Kier molecular flexibility index (Phi) is 6.87. The van der Waals surface area contributed by atoms with E-state index in [-0.39, 0.29) is 36.3 Å². The second-order valence-electron chi connectivity index (χ2n) is 10.8. The molecule has 0 aromatic heterocycles. The average Bonchev–Trinajstić information content (AvgIpc) is 3.23. The van der Waals surface area contributed by atoms with Gasteiger partial charge in [0.25, 0.3) is 5.91 Å². The molecular formula is C31H32N4O4. The van der Waals surface area contributed by atoms with E-state index in [1.807, 2.05) is 54.6 Å². The van der Waals surface area contributed by atoms with Crippen LogP contribution >= 0.6 is 0 Å². The molecule has 0 aliphatic carbocycles. The molecule has 8 nitrogen and oxygen atoms in total. The van der Waals surface area contributed by atoms with Gasteiger partial charge in [0, 0.05) is 12.7 Å². The lowest BCUT2D eigenvalue weighted by molar-refractivity contribution is -0.130. The van der Waals surface area contributed by atoms with Gasteiger partial charge in [-0.25, -0.2) is 4.79 Å². The van der Waals surface area contributed by atoms with Gasteiger partial charge in [-0.3, -0.25) is 14.5 Å². The maximum atomic E-state index is 13.5. The Morgan fingerprint density at radius 3 is 2.23 bits per heavy atom. The maximum Gasteiger partial charge on any atom is 0.322 e. The summed E-state index contributed by atoms with van der Waals surface area (Å²) in [5.74, 6) is 0.781. The van der Waals surface area contributed by atoms with Crippen molar-refractivity contribution in [2.75, 3.05) is 25.5 Å². The van der Waals surface area contributed by atoms with E-state index in [4.69, 9.17) is 4.74 Å². The van der Waals surface area contributed by atoms with Crippen molar-refractivity contribution < 1.29 is 19.1 Å². The van der Waals surface area contributed by atoms with Crippen molar-refractivity contribution in [2.24, 2.45) is 0 Å². The van der Waals surface area contributed by atoms with Gasteiger partial charge in [0.15, 0.2) is 0 Å². The first-order valence-corrected chi connectivity index (χ1v) is 12.9. The van der Waals surface area contributed by atoms with Crippen LogP contribution in [0.1, 0.15) is 37.9 Å². The van der Waals surface area contributed by atoms with Crippen molar-refractivity contribution in [1.82, 2.24) is 15.1 Å². The van der Waals surface area contributed by atoms with E-state index >= 15 is 0 Å². The number of carbonyl (C=O) groups is 3. The Labute approximate surface area is 228 Å². The molecule has 200 valence electrons. The van der Waals surface area contributed by atoms with E-state index in [0.29, 0.717) is 22.7 Å². The number of likely N-dealkylation sites (N-methyl/N-ethyl adjacent to an activating group) is 1. The monoisotopic (exact) mass is 524 g/mol. The molecule has 0 saturated carbocycles. The lowest BCUT2D eigenvalue weighted by Crippen LogP contribution is -2.45. The highest BCUT2D eigenvalue weighted by atomic mass is 16.5. The van der Waals surface area contributed by atoms with E-state index in [2.05, 4.69) is 31.4 Å². The van der Waals surface area contributed by atoms with Crippen LogP contribution in [0.5, 0.6) is 11.5 Å². The molecule has 0 unspecified atom stereocenters. The van der Waals surface area contributed by atoms with Crippen LogP contribution in [0.25, 0.3) is 0 Å². The summed E-state index contributed by atoms with van der Waals surface area (Å²) >= 11 is 0. The van der Waals surface area contributed by atoms with Crippen molar-refractivity contribution in [3.8, 4) is 11.5 Å². The zero-order valence-corrected chi connectivity index (χ0v) is 22.5. The predicted molar refractivity (Wildman–Crippen MR) is 149 cm³/mol. The van der Waals surface area contributed by atoms with E-state index in [9.17, 15) is 14.4 Å². The molecule has 0 radical (unpaired) electrons. The SMILES string of the molecule is CN1C(=O)N[C@@H](c2ccc(C(C)(C)C)cc2)C2=C1CN(CC(=O)Nc1ccc(Oc3ccccc3)cc1)C2=O. The number of nitrogens with zero attached hydrogens (tertiary/aromatic N) is 2. The van der Waals surface area contributed by atoms with Gasteiger partial charge in [-0.1, -0.05) is 63.2 Å². The Bertz CT molecular complexity index is 1420. The van der Waals surface area contributed by atoms with Gasteiger partial charge in [0.2, 0.25) is 5.91 Å². The first-order valence-electron chi connectivity index (χ1n) is 12.9. The smallest absolute Gasteiger partial charge is 0.322 e. The zero-order valence-electron chi connectivity index (χ0n) is 22.5. The summed E-state index contributed by atoms with van der Waals surface area (Å²) in [5.41, 5.74) is 3.68. The zero-order chi connectivity index (χ0) is 27.7. The second-order valence-corrected chi connectivity index (χ2v) is 10.8. The number of hydrogen-bond donors (Lipinski definition) is 2. The van der Waals surface area contributed by atoms with Gasteiger partial charge in [-0.05, 0) is 52.9 Å². The molecule has 2 aliphatic rings. The van der Waals surface area contributed by atoms with Crippen LogP contribution in [0.15, 0.2) is 90.1 Å². The highest BCUT2D eigenvalue weighted by Gasteiger charge is 2.43. The number of nitrogens with one attached hydrogen (secondary N) is 2. The van der Waals surface area contributed by atoms with E-state index in [0.717, 1.165) is 16.9 Å². The summed E-state index contributed by atoms with van der Waals surface area (Å²) in [6.45, 7) is 6.46. The Hall–Kier alpha value is -4.59. The first kappa shape index (κ1) is 26.0. The summed E-state index contributed by atoms with van der Waals surface area (Å²) in [4.78, 5) is 42.0. The minimum Gasteiger partial charge on any atom is -0.457 e. The third-order valence-electron chi connectivity index (χ3n) is 7.00. The van der Waals surface area contributed by atoms with Crippen LogP contribution in [0.2, 0.25) is 0 Å². The van der Waals surface area contributed by atoms with Crippen molar-refractivity contribution in [1.29, 1.82) is 0 Å². The number of hydrogen-bond acceptors (Lipinski definition) is 4. The van der Waals surface area contributed by atoms with Crippen molar-refractivity contribution >= 4 is 23.5 Å². The fourth-order valence-electron chi connectivity index (χ4n) is 4.78. The summed E-state index contributed by atoms with van der Waals surface area (Å²) in [6.07, 6.45) is 0. The van der Waals surface area contributed by atoms with Crippen LogP contribution in [-0.2, 0) is 15.0 Å². The molecule has 2 N–H and O–H groups in total. The molecule has 1 atom stereocenters. The van der Waals surface area contributed by atoms with Gasteiger partial charge in [-0.2, -0.15) is 0 Å². The van der Waals surface area contributed by atoms with Crippen molar-refractivity contribution in [2.45, 2.75) is 32.2 Å². The Morgan fingerprint density at radius 1 is 0.949 bits per heavy atom. The summed E-state index contributed by atoms with van der Waals surface area (Å²) in [6, 6.07) is 23.6. The number of anilines is 1. The van der Waals surface area contributed by atoms with Crippen LogP contribution in [0, 0.1) is 0 Å². The van der Waals surface area contributed by atoms with Crippen LogP contribution in [0.3, 0.4) is 0 Å². The number of amides is 4. The van der Waals surface area contributed by atoms with Crippen molar-refractivity contribution in [3.05, 3.63) is 101 Å². The topological polar surface area (TPSA) is 91.0 Å². The van der Waals surface area contributed by atoms with Gasteiger partial charge in [0.05, 0.1) is 23.9 Å². The molecule has 0 fully saturated rings. The molecule has 0 spiro atoms. The summed E-state index contributed by atoms with van der Waals surface area (Å²) in [5, 5.41) is 5.79. The van der Waals surface area contributed by atoms with Crippen LogP contribution in [-0.4, -0.2) is 47.8 Å². The highest BCUT2D eigenvalue weighted by Crippen LogP contribution is 2.36. The van der Waals surface area contributed by atoms with Crippen LogP contribution in [0.4, 0.5) is 10.5 Å². The van der Waals surface area contributed by atoms with Gasteiger partial charge < -0.3 is 20.3 Å². The quantitative estimate of drug-likeness (QED) is 0.463. The number of para-hydroxylation sites is 1. The molecule has 3 aromatic rings. The summed E-state index contributed by atoms with van der Waals surface area (Å²) < 4.78 is 5.79. The van der Waals surface area contributed by atoms with Crippen molar-refractivity contribution in [3.63, 3.8) is 0 Å². The summed E-state index contributed by atoms with van der Waals surface area (Å²) in [7, 11) is 1.64. The van der Waals surface area contributed by atoms with E-state index in [1.165, 1.54) is 9.80 Å². The molecule has 0 saturated heterocycles. The van der Waals surface area contributed by atoms with Gasteiger partial charge in [0.1, 0.15) is 18.0 Å². The molecule has 4 amide bonds. The predicted octanol–water partition coefficient (Wildman–Crippen LogP) is 5.21. The maximum absolute atomic E-state index is 13.5. The number of rotatable bonds is 6. The molecule has 39 heavy (non-hydrogen) atoms. The molecule has 8 heteroatoms. The van der Waals surface area contributed by atoms with E-state index in [1.54, 1.807) is 31.3 Å². The molecule has 2 heterocycles. The van der Waals surface area contributed by atoms with Gasteiger partial charge >= 0.3 is 6.03 Å². The largest absolute Gasteiger partial charge is 0.457 e. The minimum atomic E-state index is -0.574. The third kappa shape index (κ3) is 5.50. The number of carbonyl (C=O) groups excluding carboxylic acids is 3. The Balaban J connectivity index is 1.26. The first-order chi connectivity index (χ1) is 18.6. The molecule has 0 bridgehead atoms. The molecule has 5 rings (SSSR count). The van der Waals surface area contributed by atoms with Crippen LogP contribution < -0.4 is 15.4 Å². The lowest BCUT2D eigenvalue weighted by Gasteiger charge is -2.31. The second kappa shape index (κ2) is 10.3. The van der Waals surface area contributed by atoms with E-state index < -0.39 is 6.04 Å². The average molecular weight is 525 g/mol. The van der Waals surface area contributed by atoms with Gasteiger partial charge in [-0.15, -0.1) is 0 Å². The molecule has 2 aliphatic heterocycles. The fraction of sp³-hybridized carbons (Fsp3) is 0.258. The standard InChI is InChI=1S/C31H32N4O4/c1-31(2,3)21-12-10-20(11-13-21)28-27-25(34(4)30(38)33-28)18-35(29(27)37)19-26(36)32-22-14-16-24(17-15-22)39-23-8-6-5-7-9-23/h5-17,28H,18-19H2,1-4H3,(H,32,36)(H,33,38)/t28-/m0/s1. The molecular weight excluding hydrogens is 492 g/mol. The fourth-order valence-corrected chi connectivity index (χ4v) is 4.78. The minimum absolute atomic E-state index is 0.0123. The lowest BCUT2D eigenvalue weighted by atomic mass is 9.85. The highest BCUT2D eigenvalue weighted by molar-refractivity contribution is 6.04.